The molecule has 1 atom stereocenters. The zero-order valence-electron chi connectivity index (χ0n) is 21.4. The largest absolute Gasteiger partial charge is 0.378 e. The van der Waals surface area contributed by atoms with Gasteiger partial charge in [0, 0.05) is 53.4 Å². The zero-order chi connectivity index (χ0) is 26.8. The molecule has 0 bridgehead atoms. The molecule has 0 amide bonds. The molecule has 5 heterocycles. The molecule has 0 saturated carbocycles. The van der Waals surface area contributed by atoms with Crippen molar-refractivity contribution in [1.29, 1.82) is 0 Å². The minimum absolute atomic E-state index is 0.380. The fourth-order valence-electron chi connectivity index (χ4n) is 4.73. The first-order chi connectivity index (χ1) is 19.1. The molecule has 4 aromatic heterocycles. The highest BCUT2D eigenvalue weighted by Gasteiger charge is 2.22. The van der Waals surface area contributed by atoms with Crippen molar-refractivity contribution in [1.82, 2.24) is 35.6 Å². The summed E-state index contributed by atoms with van der Waals surface area (Å²) in [6.45, 7) is 6.32. The van der Waals surface area contributed by atoms with Crippen LogP contribution in [-0.2, 0) is 11.3 Å². The fourth-order valence-corrected chi connectivity index (χ4v) is 5.86. The third-order valence-corrected chi connectivity index (χ3v) is 7.77. The predicted molar refractivity (Wildman–Crippen MR) is 149 cm³/mol. The number of anilines is 2. The van der Waals surface area contributed by atoms with Crippen molar-refractivity contribution in [2.75, 3.05) is 42.6 Å². The standard InChI is InChI=1S/C26H29N9O3S/c1-2-6-35(26-27-12-16(13-28-26)25(36)33-37)15-17-11-21-22(39-17)24(34-7-9-38-10-8-34)31-23(30-21)18-4-3-5-20-19(18)14-29-32-20/h3-5,11-14,25,33,36-37H,2,6-10,15H2,1H3,(H,29,32). The van der Waals surface area contributed by atoms with E-state index in [9.17, 15) is 5.11 Å². The number of hydrogen-bond donors (Lipinski definition) is 4. The van der Waals surface area contributed by atoms with Crippen molar-refractivity contribution in [2.45, 2.75) is 26.1 Å². The highest BCUT2D eigenvalue weighted by atomic mass is 32.1. The van der Waals surface area contributed by atoms with E-state index in [1.165, 1.54) is 12.4 Å². The van der Waals surface area contributed by atoms with Gasteiger partial charge < -0.3 is 24.9 Å². The minimum Gasteiger partial charge on any atom is -0.378 e. The van der Waals surface area contributed by atoms with Gasteiger partial charge in [0.05, 0.1) is 41.7 Å². The number of hydroxylamine groups is 1. The summed E-state index contributed by atoms with van der Waals surface area (Å²) in [7, 11) is 0. The van der Waals surface area contributed by atoms with E-state index < -0.39 is 6.23 Å². The highest BCUT2D eigenvalue weighted by molar-refractivity contribution is 7.19. The summed E-state index contributed by atoms with van der Waals surface area (Å²) >= 11 is 1.68. The second-order valence-electron chi connectivity index (χ2n) is 9.30. The third kappa shape index (κ3) is 5.14. The maximum absolute atomic E-state index is 9.78. The normalized spacial score (nSPS) is 14.8. The molecule has 0 radical (unpaired) electrons. The van der Waals surface area contributed by atoms with E-state index >= 15 is 0 Å². The maximum atomic E-state index is 9.78. The summed E-state index contributed by atoms with van der Waals surface area (Å²) in [6.07, 6.45) is 4.51. The Labute approximate surface area is 228 Å². The molecule has 4 N–H and O–H groups in total. The topological polar surface area (TPSA) is 148 Å². The molecule has 6 rings (SSSR count). The number of thiophene rings is 1. The molecule has 1 aliphatic heterocycles. The lowest BCUT2D eigenvalue weighted by Gasteiger charge is -2.28. The van der Waals surface area contributed by atoms with Gasteiger partial charge in [-0.2, -0.15) is 10.6 Å². The van der Waals surface area contributed by atoms with Gasteiger partial charge in [-0.15, -0.1) is 11.3 Å². The number of ether oxygens (including phenoxy) is 1. The van der Waals surface area contributed by atoms with E-state index in [0.717, 1.165) is 63.4 Å². The number of aliphatic hydroxyl groups excluding tert-OH is 1. The summed E-state index contributed by atoms with van der Waals surface area (Å²) in [5.74, 6) is 2.14. The van der Waals surface area contributed by atoms with Crippen molar-refractivity contribution in [3.63, 3.8) is 0 Å². The smallest absolute Gasteiger partial charge is 0.225 e. The van der Waals surface area contributed by atoms with Crippen LogP contribution in [-0.4, -0.2) is 73.3 Å². The Morgan fingerprint density at radius 3 is 2.77 bits per heavy atom. The van der Waals surface area contributed by atoms with Gasteiger partial charge in [-0.25, -0.2) is 19.9 Å². The molecule has 39 heavy (non-hydrogen) atoms. The lowest BCUT2D eigenvalue weighted by atomic mass is 10.1. The molecule has 1 saturated heterocycles. The molecule has 1 unspecified atom stereocenters. The van der Waals surface area contributed by atoms with Crippen LogP contribution in [0.25, 0.3) is 32.5 Å². The summed E-state index contributed by atoms with van der Waals surface area (Å²) in [4.78, 5) is 24.5. The van der Waals surface area contributed by atoms with Crippen LogP contribution in [0, 0.1) is 0 Å². The van der Waals surface area contributed by atoms with Gasteiger partial charge in [0.2, 0.25) is 5.95 Å². The Hall–Kier alpha value is -3.75. The molecule has 0 spiro atoms. The number of fused-ring (bicyclic) bond motifs is 2. The average molecular weight is 548 g/mol. The van der Waals surface area contributed by atoms with Crippen LogP contribution < -0.4 is 15.3 Å². The summed E-state index contributed by atoms with van der Waals surface area (Å²) in [5.41, 5.74) is 4.95. The van der Waals surface area contributed by atoms with Gasteiger partial charge in [0.25, 0.3) is 0 Å². The Morgan fingerprint density at radius 1 is 1.18 bits per heavy atom. The predicted octanol–water partition coefficient (Wildman–Crippen LogP) is 3.25. The first-order valence-electron chi connectivity index (χ1n) is 12.8. The Balaban J connectivity index is 1.39. The van der Waals surface area contributed by atoms with Gasteiger partial charge in [-0.3, -0.25) is 5.10 Å². The van der Waals surface area contributed by atoms with Crippen molar-refractivity contribution in [3.8, 4) is 11.4 Å². The number of rotatable bonds is 9. The van der Waals surface area contributed by atoms with Crippen LogP contribution >= 0.6 is 11.3 Å². The van der Waals surface area contributed by atoms with Crippen LogP contribution in [0.15, 0.2) is 42.9 Å². The minimum atomic E-state index is -1.24. The molecular weight excluding hydrogens is 518 g/mol. The second-order valence-corrected chi connectivity index (χ2v) is 10.4. The van der Waals surface area contributed by atoms with Gasteiger partial charge >= 0.3 is 0 Å². The Morgan fingerprint density at radius 2 is 2.00 bits per heavy atom. The van der Waals surface area contributed by atoms with E-state index in [4.69, 9.17) is 19.9 Å². The van der Waals surface area contributed by atoms with Crippen molar-refractivity contribution in [2.24, 2.45) is 0 Å². The number of benzene rings is 1. The number of morpholine rings is 1. The van der Waals surface area contributed by atoms with Gasteiger partial charge in [-0.05, 0) is 18.6 Å². The number of aliphatic hydroxyl groups is 1. The van der Waals surface area contributed by atoms with Crippen molar-refractivity contribution >= 4 is 44.2 Å². The van der Waals surface area contributed by atoms with E-state index in [1.54, 1.807) is 16.8 Å². The lowest BCUT2D eigenvalue weighted by molar-refractivity contribution is 0.000307. The van der Waals surface area contributed by atoms with E-state index in [2.05, 4.69) is 43.0 Å². The third-order valence-electron chi connectivity index (χ3n) is 6.66. The quantitative estimate of drug-likeness (QED) is 0.159. The molecule has 12 nitrogen and oxygen atoms in total. The molecule has 1 aliphatic rings. The number of hydrogen-bond acceptors (Lipinski definition) is 12. The lowest BCUT2D eigenvalue weighted by Crippen LogP contribution is -2.36. The summed E-state index contributed by atoms with van der Waals surface area (Å²) in [6, 6.07) is 8.14. The van der Waals surface area contributed by atoms with Crippen LogP contribution in [0.3, 0.4) is 0 Å². The van der Waals surface area contributed by atoms with E-state index in [-0.39, 0.29) is 0 Å². The van der Waals surface area contributed by atoms with Gasteiger partial charge in [-0.1, -0.05) is 19.1 Å². The number of nitrogens with one attached hydrogen (secondary N) is 2. The Kier molecular flexibility index (Phi) is 7.30. The number of aromatic nitrogens is 6. The summed E-state index contributed by atoms with van der Waals surface area (Å²) in [5, 5.41) is 27.0. The molecule has 1 fully saturated rings. The molecule has 0 aliphatic carbocycles. The fraction of sp³-hybridized carbons (Fsp3) is 0.346. The first-order valence-corrected chi connectivity index (χ1v) is 13.7. The summed E-state index contributed by atoms with van der Waals surface area (Å²) < 4.78 is 6.65. The van der Waals surface area contributed by atoms with E-state index in [0.29, 0.717) is 37.1 Å². The molecule has 202 valence electrons. The van der Waals surface area contributed by atoms with Crippen LogP contribution in [0.4, 0.5) is 11.8 Å². The molecule has 1 aromatic carbocycles. The van der Waals surface area contributed by atoms with Crippen molar-refractivity contribution < 1.29 is 15.1 Å². The van der Waals surface area contributed by atoms with Gasteiger partial charge in [0.1, 0.15) is 0 Å². The van der Waals surface area contributed by atoms with Crippen LogP contribution in [0.5, 0.6) is 0 Å². The zero-order valence-corrected chi connectivity index (χ0v) is 22.2. The Bertz CT molecular complexity index is 1570. The SMILES string of the molecule is CCCN(Cc1cc2nc(-c3cccc4[nH]ncc34)nc(N3CCOCC3)c2s1)c1ncc(C(O)NO)cn1. The average Bonchev–Trinajstić information content (AvgIpc) is 3.63. The second kappa shape index (κ2) is 11.2. The van der Waals surface area contributed by atoms with Crippen LogP contribution in [0.1, 0.15) is 30.0 Å². The van der Waals surface area contributed by atoms with Crippen molar-refractivity contribution in [3.05, 3.63) is 53.3 Å². The number of H-pyrrole nitrogens is 1. The molecule has 13 heteroatoms. The molecule has 5 aromatic rings. The molecular formula is C26H29N9O3S. The first kappa shape index (κ1) is 25.5. The van der Waals surface area contributed by atoms with Crippen LogP contribution in [0.2, 0.25) is 0 Å². The number of aromatic amines is 1. The van der Waals surface area contributed by atoms with Gasteiger partial charge in [0.15, 0.2) is 17.9 Å². The highest BCUT2D eigenvalue weighted by Crippen LogP contribution is 2.36. The maximum Gasteiger partial charge on any atom is 0.225 e. The number of nitrogens with zero attached hydrogens (tertiary/aromatic N) is 7. The monoisotopic (exact) mass is 547 g/mol. The van der Waals surface area contributed by atoms with E-state index in [1.807, 2.05) is 24.4 Å².